The van der Waals surface area contributed by atoms with Crippen molar-refractivity contribution < 1.29 is 28.3 Å². The average molecular weight is 486 g/mol. The van der Waals surface area contributed by atoms with E-state index in [9.17, 15) is 23.6 Å². The molecule has 3 aromatic rings. The average Bonchev–Trinajstić information content (AvgIpc) is 3.17. The van der Waals surface area contributed by atoms with Gasteiger partial charge in [-0.05, 0) is 79.3 Å². The number of carbonyl (C=O) groups is 4. The van der Waals surface area contributed by atoms with Crippen LogP contribution in [0.4, 0.5) is 10.1 Å². The maximum absolute atomic E-state index is 13.2. The Morgan fingerprint density at radius 2 is 1.44 bits per heavy atom. The number of ether oxygens (including phenoxy) is 1. The summed E-state index contributed by atoms with van der Waals surface area (Å²) in [5.41, 5.74) is 2.03. The fourth-order valence-corrected chi connectivity index (χ4v) is 5.14. The minimum absolute atomic E-state index is 0.186. The highest BCUT2D eigenvalue weighted by molar-refractivity contribution is 6.22. The molecule has 0 N–H and O–H groups in total. The Morgan fingerprint density at radius 1 is 0.806 bits per heavy atom. The highest BCUT2D eigenvalue weighted by Crippen LogP contribution is 2.45. The summed E-state index contributed by atoms with van der Waals surface area (Å²) in [6.07, 6.45) is 2.17. The van der Waals surface area contributed by atoms with Crippen LogP contribution >= 0.6 is 0 Å². The quantitative estimate of drug-likeness (QED) is 0.281. The van der Waals surface area contributed by atoms with Gasteiger partial charge in [0, 0.05) is 5.56 Å². The van der Waals surface area contributed by atoms with Gasteiger partial charge in [-0.2, -0.15) is 0 Å². The molecule has 182 valence electrons. The molecule has 1 aliphatic carbocycles. The third-order valence-electron chi connectivity index (χ3n) is 7.06. The van der Waals surface area contributed by atoms with E-state index in [0.717, 1.165) is 18.6 Å². The Balaban J connectivity index is 1.23. The van der Waals surface area contributed by atoms with E-state index < -0.39 is 24.2 Å². The van der Waals surface area contributed by atoms with Crippen LogP contribution in [-0.4, -0.2) is 30.2 Å². The second-order valence-electron chi connectivity index (χ2n) is 9.20. The van der Waals surface area contributed by atoms with Gasteiger partial charge in [-0.3, -0.25) is 19.3 Å². The number of esters is 1. The maximum Gasteiger partial charge on any atom is 0.338 e. The summed E-state index contributed by atoms with van der Waals surface area (Å²) in [6.45, 7) is -0.485. The van der Waals surface area contributed by atoms with Crippen LogP contribution in [0.3, 0.4) is 0 Å². The SMILES string of the molecule is O=C(COC(=O)c1ccc(N2C(=O)[C@@H]3CC[C@H](c4ccccc4)C[C@H]3C2=O)cc1)c1ccc(F)cc1. The second kappa shape index (κ2) is 9.85. The first kappa shape index (κ1) is 23.6. The number of amides is 2. The molecule has 3 atom stereocenters. The summed E-state index contributed by atoms with van der Waals surface area (Å²) in [6, 6.07) is 21.0. The predicted octanol–water partition coefficient (Wildman–Crippen LogP) is 4.94. The fraction of sp³-hybridized carbons (Fsp3) is 0.241. The Morgan fingerprint density at radius 3 is 2.14 bits per heavy atom. The summed E-state index contributed by atoms with van der Waals surface area (Å²) < 4.78 is 18.1. The molecule has 0 unspecified atom stereocenters. The molecule has 1 saturated heterocycles. The molecule has 0 spiro atoms. The predicted molar refractivity (Wildman–Crippen MR) is 130 cm³/mol. The molecule has 7 heteroatoms. The van der Waals surface area contributed by atoms with E-state index in [0.29, 0.717) is 18.5 Å². The fourth-order valence-electron chi connectivity index (χ4n) is 5.14. The lowest BCUT2D eigenvalue weighted by Gasteiger charge is -2.28. The van der Waals surface area contributed by atoms with Crippen molar-refractivity contribution in [3.63, 3.8) is 0 Å². The topological polar surface area (TPSA) is 80.8 Å². The number of halogens is 1. The van der Waals surface area contributed by atoms with E-state index >= 15 is 0 Å². The lowest BCUT2D eigenvalue weighted by Crippen LogP contribution is -2.30. The van der Waals surface area contributed by atoms with Crippen LogP contribution in [0.2, 0.25) is 0 Å². The van der Waals surface area contributed by atoms with Crippen LogP contribution in [0.25, 0.3) is 0 Å². The zero-order valence-electron chi connectivity index (χ0n) is 19.4. The highest BCUT2D eigenvalue weighted by atomic mass is 19.1. The lowest BCUT2D eigenvalue weighted by molar-refractivity contribution is -0.122. The van der Waals surface area contributed by atoms with E-state index in [-0.39, 0.29) is 40.7 Å². The number of rotatable bonds is 6. The van der Waals surface area contributed by atoms with Crippen molar-refractivity contribution in [2.24, 2.45) is 11.8 Å². The molecule has 1 aliphatic heterocycles. The number of carbonyl (C=O) groups excluding carboxylic acids is 4. The van der Waals surface area contributed by atoms with Crippen LogP contribution in [0, 0.1) is 17.7 Å². The number of ketones is 1. The first-order chi connectivity index (χ1) is 17.4. The van der Waals surface area contributed by atoms with E-state index in [1.807, 2.05) is 18.2 Å². The summed E-state index contributed by atoms with van der Waals surface area (Å²) in [5.74, 6) is -2.45. The Kier molecular flexibility index (Phi) is 6.46. The second-order valence-corrected chi connectivity index (χ2v) is 9.20. The molecular weight excluding hydrogens is 461 g/mol. The Bertz CT molecular complexity index is 1300. The Hall–Kier alpha value is -4.13. The van der Waals surface area contributed by atoms with Crippen LogP contribution in [-0.2, 0) is 14.3 Å². The van der Waals surface area contributed by atoms with Gasteiger partial charge < -0.3 is 4.74 Å². The van der Waals surface area contributed by atoms with E-state index in [1.54, 1.807) is 12.1 Å². The highest BCUT2D eigenvalue weighted by Gasteiger charge is 2.50. The molecular formula is C29H24FNO5. The van der Waals surface area contributed by atoms with Gasteiger partial charge in [-0.25, -0.2) is 9.18 Å². The molecule has 2 aliphatic rings. The summed E-state index contributed by atoms with van der Waals surface area (Å²) >= 11 is 0. The van der Waals surface area contributed by atoms with E-state index in [2.05, 4.69) is 12.1 Å². The number of anilines is 1. The van der Waals surface area contributed by atoms with Crippen molar-refractivity contribution in [3.05, 3.63) is 101 Å². The van der Waals surface area contributed by atoms with Crippen LogP contribution in [0.15, 0.2) is 78.9 Å². The molecule has 6 nitrogen and oxygen atoms in total. The first-order valence-corrected chi connectivity index (χ1v) is 11.9. The minimum atomic E-state index is -0.713. The molecule has 1 heterocycles. The van der Waals surface area contributed by atoms with Crippen molar-refractivity contribution in [2.45, 2.75) is 25.2 Å². The van der Waals surface area contributed by atoms with E-state index in [1.165, 1.54) is 34.7 Å². The standard InChI is InChI=1S/C29H24FNO5/c30-22-11-6-19(7-12-22)26(32)17-36-29(35)20-8-13-23(14-9-20)31-27(33)24-15-10-21(16-25(24)28(31)34)18-4-2-1-3-5-18/h1-9,11-14,21,24-25H,10,15-17H2/t21-,24+,25+/m0/s1. The van der Waals surface area contributed by atoms with Crippen molar-refractivity contribution >= 4 is 29.3 Å². The van der Waals surface area contributed by atoms with Crippen molar-refractivity contribution in [1.82, 2.24) is 0 Å². The largest absolute Gasteiger partial charge is 0.454 e. The number of nitrogens with zero attached hydrogens (tertiary/aromatic N) is 1. The number of benzene rings is 3. The number of imide groups is 1. The maximum atomic E-state index is 13.2. The normalized spacial score (nSPS) is 21.2. The first-order valence-electron chi connectivity index (χ1n) is 11.9. The monoisotopic (exact) mass is 485 g/mol. The zero-order valence-corrected chi connectivity index (χ0v) is 19.4. The number of hydrogen-bond acceptors (Lipinski definition) is 5. The van der Waals surface area contributed by atoms with Gasteiger partial charge in [0.15, 0.2) is 12.4 Å². The number of Topliss-reactive ketones (excluding diaryl/α,β-unsaturated/α-hetero) is 1. The summed E-state index contributed by atoms with van der Waals surface area (Å²) in [5, 5.41) is 0. The van der Waals surface area contributed by atoms with Crippen LogP contribution in [0.5, 0.6) is 0 Å². The molecule has 2 fully saturated rings. The lowest BCUT2D eigenvalue weighted by atomic mass is 9.73. The van der Waals surface area contributed by atoms with Gasteiger partial charge in [0.1, 0.15) is 5.82 Å². The molecule has 5 rings (SSSR count). The molecule has 36 heavy (non-hydrogen) atoms. The van der Waals surface area contributed by atoms with Gasteiger partial charge >= 0.3 is 5.97 Å². The molecule has 0 radical (unpaired) electrons. The van der Waals surface area contributed by atoms with Gasteiger partial charge in [-0.1, -0.05) is 30.3 Å². The van der Waals surface area contributed by atoms with E-state index in [4.69, 9.17) is 4.74 Å². The molecule has 3 aromatic carbocycles. The molecule has 0 bridgehead atoms. The summed E-state index contributed by atoms with van der Waals surface area (Å²) in [4.78, 5) is 52.1. The van der Waals surface area contributed by atoms with Crippen molar-refractivity contribution in [3.8, 4) is 0 Å². The van der Waals surface area contributed by atoms with Crippen LogP contribution in [0.1, 0.15) is 51.5 Å². The van der Waals surface area contributed by atoms with Crippen molar-refractivity contribution in [1.29, 1.82) is 0 Å². The van der Waals surface area contributed by atoms with Crippen LogP contribution < -0.4 is 4.90 Å². The number of fused-ring (bicyclic) bond motifs is 1. The molecule has 0 aromatic heterocycles. The Labute approximate surface area is 207 Å². The smallest absolute Gasteiger partial charge is 0.338 e. The summed E-state index contributed by atoms with van der Waals surface area (Å²) in [7, 11) is 0. The molecule has 2 amide bonds. The van der Waals surface area contributed by atoms with Gasteiger partial charge in [-0.15, -0.1) is 0 Å². The van der Waals surface area contributed by atoms with Gasteiger partial charge in [0.25, 0.3) is 0 Å². The third-order valence-corrected chi connectivity index (χ3v) is 7.06. The van der Waals surface area contributed by atoms with Gasteiger partial charge in [0.05, 0.1) is 23.1 Å². The zero-order chi connectivity index (χ0) is 25.2. The van der Waals surface area contributed by atoms with Crippen molar-refractivity contribution in [2.75, 3.05) is 11.5 Å². The minimum Gasteiger partial charge on any atom is -0.454 e. The van der Waals surface area contributed by atoms with Gasteiger partial charge in [0.2, 0.25) is 11.8 Å². The number of hydrogen-bond donors (Lipinski definition) is 0. The third kappa shape index (κ3) is 4.56. The molecule has 1 saturated carbocycles.